The van der Waals surface area contributed by atoms with E-state index < -0.39 is 0 Å². The summed E-state index contributed by atoms with van der Waals surface area (Å²) in [6.07, 6.45) is 0.196. The van der Waals surface area contributed by atoms with E-state index in [1.807, 2.05) is 56.3 Å². The lowest BCUT2D eigenvalue weighted by Crippen LogP contribution is -2.28. The number of rotatable bonds is 5. The highest BCUT2D eigenvalue weighted by Gasteiger charge is 2.36. The molecule has 1 aliphatic rings. The number of carbonyl (C=O) groups is 2. The van der Waals surface area contributed by atoms with Gasteiger partial charge in [0.25, 0.3) is 0 Å². The predicted octanol–water partition coefficient (Wildman–Crippen LogP) is 4.15. The summed E-state index contributed by atoms with van der Waals surface area (Å²) < 4.78 is 6.58. The lowest BCUT2D eigenvalue weighted by Gasteiger charge is -2.20. The van der Waals surface area contributed by atoms with Gasteiger partial charge in [0, 0.05) is 23.1 Å². The van der Waals surface area contributed by atoms with Gasteiger partial charge in [-0.15, -0.1) is 0 Å². The minimum Gasteiger partial charge on any atom is -0.492 e. The Kier molecular flexibility index (Phi) is 5.61. The molecule has 0 aromatic heterocycles. The van der Waals surface area contributed by atoms with Crippen LogP contribution in [0.25, 0.3) is 0 Å². The Labute approximate surface area is 161 Å². The molecule has 1 N–H and O–H groups in total. The SMILES string of the molecule is CCOc1ccccc1N1C[C@H](C(=O)Nc2ccc(Br)cc2C)CC1=O. The van der Waals surface area contributed by atoms with Gasteiger partial charge < -0.3 is 15.0 Å². The third kappa shape index (κ3) is 3.90. The molecule has 3 rings (SSSR count). The summed E-state index contributed by atoms with van der Waals surface area (Å²) in [6.45, 7) is 4.71. The molecule has 1 fully saturated rings. The third-order valence-corrected chi connectivity index (χ3v) is 4.89. The largest absolute Gasteiger partial charge is 0.492 e. The van der Waals surface area contributed by atoms with Crippen LogP contribution >= 0.6 is 15.9 Å². The van der Waals surface area contributed by atoms with E-state index in [1.54, 1.807) is 4.90 Å². The van der Waals surface area contributed by atoms with Crippen molar-refractivity contribution in [3.05, 3.63) is 52.5 Å². The summed E-state index contributed by atoms with van der Waals surface area (Å²) in [6, 6.07) is 13.1. The van der Waals surface area contributed by atoms with Crippen molar-refractivity contribution < 1.29 is 14.3 Å². The fourth-order valence-electron chi connectivity index (χ4n) is 3.08. The molecule has 2 amide bonds. The van der Waals surface area contributed by atoms with Gasteiger partial charge in [0.15, 0.2) is 0 Å². The number of benzene rings is 2. The zero-order valence-corrected chi connectivity index (χ0v) is 16.4. The molecule has 2 aromatic rings. The predicted molar refractivity (Wildman–Crippen MR) is 106 cm³/mol. The van der Waals surface area contributed by atoms with Crippen LogP contribution in [0.3, 0.4) is 0 Å². The molecule has 26 heavy (non-hydrogen) atoms. The van der Waals surface area contributed by atoms with E-state index in [4.69, 9.17) is 4.74 Å². The highest BCUT2D eigenvalue weighted by Crippen LogP contribution is 2.33. The lowest BCUT2D eigenvalue weighted by atomic mass is 10.1. The van der Waals surface area contributed by atoms with Crippen molar-refractivity contribution in [2.24, 2.45) is 5.92 Å². The molecule has 136 valence electrons. The summed E-state index contributed by atoms with van der Waals surface area (Å²) in [5, 5.41) is 2.94. The molecule has 0 spiro atoms. The quantitative estimate of drug-likeness (QED) is 0.796. The first-order valence-electron chi connectivity index (χ1n) is 8.58. The van der Waals surface area contributed by atoms with Crippen LogP contribution in [0.15, 0.2) is 46.9 Å². The van der Waals surface area contributed by atoms with Gasteiger partial charge in [-0.3, -0.25) is 9.59 Å². The van der Waals surface area contributed by atoms with Crippen molar-refractivity contribution in [1.29, 1.82) is 0 Å². The van der Waals surface area contributed by atoms with Crippen LogP contribution in [-0.2, 0) is 9.59 Å². The van der Waals surface area contributed by atoms with Crippen LogP contribution in [0, 0.1) is 12.8 Å². The van der Waals surface area contributed by atoms with Gasteiger partial charge in [-0.2, -0.15) is 0 Å². The maximum absolute atomic E-state index is 12.7. The molecule has 5 nitrogen and oxygen atoms in total. The number of aryl methyl sites for hydroxylation is 1. The molecular formula is C20H21BrN2O3. The standard InChI is InChI=1S/C20H21BrN2O3/c1-3-26-18-7-5-4-6-17(18)23-12-14(11-19(23)24)20(25)22-16-9-8-15(21)10-13(16)2/h4-10,14H,3,11-12H2,1-2H3,(H,22,25)/t14-/m1/s1. The van der Waals surface area contributed by atoms with Gasteiger partial charge in [-0.05, 0) is 49.7 Å². The first-order chi connectivity index (χ1) is 12.5. The number of hydrogen-bond acceptors (Lipinski definition) is 3. The van der Waals surface area contributed by atoms with Crippen molar-refractivity contribution in [1.82, 2.24) is 0 Å². The number of ether oxygens (including phenoxy) is 1. The van der Waals surface area contributed by atoms with E-state index in [-0.39, 0.29) is 24.2 Å². The summed E-state index contributed by atoms with van der Waals surface area (Å²) in [4.78, 5) is 26.8. The van der Waals surface area contributed by atoms with Crippen LogP contribution in [0.4, 0.5) is 11.4 Å². The van der Waals surface area contributed by atoms with E-state index >= 15 is 0 Å². The van der Waals surface area contributed by atoms with Gasteiger partial charge >= 0.3 is 0 Å². The first-order valence-corrected chi connectivity index (χ1v) is 9.38. The Morgan fingerprint density at radius 2 is 2.08 bits per heavy atom. The number of hydrogen-bond donors (Lipinski definition) is 1. The number of carbonyl (C=O) groups excluding carboxylic acids is 2. The summed E-state index contributed by atoms with van der Waals surface area (Å²) in [5.74, 6) is 0.0680. The Balaban J connectivity index is 1.74. The molecule has 1 heterocycles. The number of amides is 2. The van der Waals surface area contributed by atoms with Gasteiger partial charge in [0.2, 0.25) is 11.8 Å². The number of nitrogens with one attached hydrogen (secondary N) is 1. The minimum atomic E-state index is -0.389. The molecule has 1 saturated heterocycles. The summed E-state index contributed by atoms with van der Waals surface area (Å²) in [5.41, 5.74) is 2.45. The summed E-state index contributed by atoms with van der Waals surface area (Å²) in [7, 11) is 0. The lowest BCUT2D eigenvalue weighted by molar-refractivity contribution is -0.122. The molecule has 6 heteroatoms. The fraction of sp³-hybridized carbons (Fsp3) is 0.300. The van der Waals surface area contributed by atoms with Crippen LogP contribution in [0.2, 0.25) is 0 Å². The van der Waals surface area contributed by atoms with Gasteiger partial charge in [0.1, 0.15) is 5.75 Å². The van der Waals surface area contributed by atoms with Crippen LogP contribution in [-0.4, -0.2) is 25.0 Å². The van der Waals surface area contributed by atoms with Crippen molar-refractivity contribution in [2.45, 2.75) is 20.3 Å². The molecule has 0 radical (unpaired) electrons. The van der Waals surface area contributed by atoms with Crippen molar-refractivity contribution in [3.63, 3.8) is 0 Å². The average molecular weight is 417 g/mol. The Morgan fingerprint density at radius 1 is 1.31 bits per heavy atom. The molecule has 1 atom stereocenters. The fourth-order valence-corrected chi connectivity index (χ4v) is 3.55. The zero-order valence-electron chi connectivity index (χ0n) is 14.8. The van der Waals surface area contributed by atoms with Crippen LogP contribution in [0.5, 0.6) is 5.75 Å². The Bertz CT molecular complexity index is 838. The second kappa shape index (κ2) is 7.91. The smallest absolute Gasteiger partial charge is 0.229 e. The second-order valence-corrected chi connectivity index (χ2v) is 7.17. The van der Waals surface area contributed by atoms with E-state index in [2.05, 4.69) is 21.2 Å². The van der Waals surface area contributed by atoms with E-state index in [0.29, 0.717) is 18.9 Å². The average Bonchev–Trinajstić information content (AvgIpc) is 3.00. The number of nitrogens with zero attached hydrogens (tertiary/aromatic N) is 1. The maximum atomic E-state index is 12.7. The van der Waals surface area contributed by atoms with Crippen molar-refractivity contribution in [2.75, 3.05) is 23.4 Å². The molecule has 0 unspecified atom stereocenters. The third-order valence-electron chi connectivity index (χ3n) is 4.40. The summed E-state index contributed by atoms with van der Waals surface area (Å²) >= 11 is 3.41. The highest BCUT2D eigenvalue weighted by atomic mass is 79.9. The number of halogens is 1. The van der Waals surface area contributed by atoms with Crippen LogP contribution in [0.1, 0.15) is 18.9 Å². The second-order valence-electron chi connectivity index (χ2n) is 6.25. The van der Waals surface area contributed by atoms with Gasteiger partial charge in [0.05, 0.1) is 18.2 Å². The van der Waals surface area contributed by atoms with Gasteiger partial charge in [-0.1, -0.05) is 28.1 Å². The Hall–Kier alpha value is -2.34. The molecular weight excluding hydrogens is 396 g/mol. The normalized spacial score (nSPS) is 16.7. The van der Waals surface area contributed by atoms with Crippen LogP contribution < -0.4 is 15.0 Å². The highest BCUT2D eigenvalue weighted by molar-refractivity contribution is 9.10. The molecule has 0 bridgehead atoms. The molecule has 0 saturated carbocycles. The van der Waals surface area contributed by atoms with E-state index in [1.165, 1.54) is 0 Å². The van der Waals surface area contributed by atoms with Gasteiger partial charge in [-0.25, -0.2) is 0 Å². The topological polar surface area (TPSA) is 58.6 Å². The first kappa shape index (κ1) is 18.5. The molecule has 2 aromatic carbocycles. The molecule has 0 aliphatic carbocycles. The molecule has 1 aliphatic heterocycles. The Morgan fingerprint density at radius 3 is 2.81 bits per heavy atom. The number of para-hydroxylation sites is 2. The minimum absolute atomic E-state index is 0.0650. The monoisotopic (exact) mass is 416 g/mol. The zero-order chi connectivity index (χ0) is 18.7. The van der Waals surface area contributed by atoms with Crippen molar-refractivity contribution >= 4 is 39.1 Å². The van der Waals surface area contributed by atoms with E-state index in [9.17, 15) is 9.59 Å². The van der Waals surface area contributed by atoms with Crippen molar-refractivity contribution in [3.8, 4) is 5.75 Å². The maximum Gasteiger partial charge on any atom is 0.229 e. The number of anilines is 2. The van der Waals surface area contributed by atoms with E-state index in [0.717, 1.165) is 21.4 Å².